The molecule has 1 saturated heterocycles. The summed E-state index contributed by atoms with van der Waals surface area (Å²) in [7, 11) is -4.97. The minimum Gasteiger partial charge on any atom is -0.460 e. The van der Waals surface area contributed by atoms with Gasteiger partial charge in [0.2, 0.25) is 17.5 Å². The monoisotopic (exact) mass is 479 g/mol. The van der Waals surface area contributed by atoms with Crippen LogP contribution in [0.25, 0.3) is 0 Å². The predicted octanol–water partition coefficient (Wildman–Crippen LogP) is 0.363. The van der Waals surface area contributed by atoms with Crippen molar-refractivity contribution in [2.45, 2.75) is 36.2 Å². The summed E-state index contributed by atoms with van der Waals surface area (Å²) in [5, 5.41) is 29.4. The third-order valence-electron chi connectivity index (χ3n) is 4.51. The number of aromatic nitrogens is 1. The van der Waals surface area contributed by atoms with E-state index in [1.807, 2.05) is 0 Å². The van der Waals surface area contributed by atoms with Crippen LogP contribution in [0.5, 0.6) is 5.75 Å². The Morgan fingerprint density at radius 1 is 1.00 bits per heavy atom. The van der Waals surface area contributed by atoms with E-state index >= 15 is 0 Å². The fourth-order valence-corrected chi connectivity index (χ4v) is 3.60. The summed E-state index contributed by atoms with van der Waals surface area (Å²) >= 11 is 0. The average Bonchev–Trinajstić information content (AvgIpc) is 2.72. The Morgan fingerprint density at radius 3 is 2.12 bits per heavy atom. The van der Waals surface area contributed by atoms with Crippen molar-refractivity contribution in [1.82, 2.24) is 4.98 Å². The highest BCUT2D eigenvalue weighted by atomic mass is 32.2. The fourth-order valence-electron chi connectivity index (χ4n) is 2.84. The van der Waals surface area contributed by atoms with Crippen molar-refractivity contribution in [3.8, 4) is 5.75 Å². The standard InChI is InChI=1S/C18H16F3NO9S/c19-18(20,21)9-3-1-8(2-4-9)12(23)11-6-5-10(7-22-11)30-16-14(25)13(24)15(26)17(31-16)32(27,28)29/h1-7,13-17,24-26H,(H,27,28,29)/t13-,14-,15+,16-,17?/m1/s1. The zero-order chi connectivity index (χ0) is 23.8. The minimum absolute atomic E-state index is 0.0571. The van der Waals surface area contributed by atoms with E-state index in [0.717, 1.165) is 36.5 Å². The van der Waals surface area contributed by atoms with Gasteiger partial charge in [-0.1, -0.05) is 12.1 Å². The molecule has 0 spiro atoms. The maximum absolute atomic E-state index is 12.6. The van der Waals surface area contributed by atoms with Crippen LogP contribution in [0, 0.1) is 0 Å². The Morgan fingerprint density at radius 2 is 1.62 bits per heavy atom. The van der Waals surface area contributed by atoms with Crippen molar-refractivity contribution in [2.24, 2.45) is 0 Å². The van der Waals surface area contributed by atoms with Crippen molar-refractivity contribution in [3.63, 3.8) is 0 Å². The molecular formula is C18H16F3NO9S. The van der Waals surface area contributed by atoms with Gasteiger partial charge in [-0.05, 0) is 24.3 Å². The minimum atomic E-state index is -4.97. The maximum Gasteiger partial charge on any atom is 0.416 e. The zero-order valence-electron chi connectivity index (χ0n) is 15.7. The third-order valence-corrected chi connectivity index (χ3v) is 5.49. The fraction of sp³-hybridized carbons (Fsp3) is 0.333. The number of alkyl halides is 3. The predicted molar refractivity (Wildman–Crippen MR) is 98.0 cm³/mol. The molecule has 1 aliphatic rings. The second kappa shape index (κ2) is 8.73. The number of pyridine rings is 1. The van der Waals surface area contributed by atoms with Crippen LogP contribution in [0.3, 0.4) is 0 Å². The van der Waals surface area contributed by atoms with E-state index in [0.29, 0.717) is 0 Å². The highest BCUT2D eigenvalue weighted by molar-refractivity contribution is 7.86. The van der Waals surface area contributed by atoms with E-state index in [-0.39, 0.29) is 17.0 Å². The smallest absolute Gasteiger partial charge is 0.416 e. The van der Waals surface area contributed by atoms with Crippen LogP contribution in [0.1, 0.15) is 21.6 Å². The number of halogens is 3. The van der Waals surface area contributed by atoms with Crippen molar-refractivity contribution in [2.75, 3.05) is 0 Å². The summed E-state index contributed by atoms with van der Waals surface area (Å²) < 4.78 is 79.6. The molecule has 3 rings (SSSR count). The van der Waals surface area contributed by atoms with Crippen LogP contribution in [-0.2, 0) is 21.0 Å². The summed E-state index contributed by atoms with van der Waals surface area (Å²) in [4.78, 5) is 16.2. The van der Waals surface area contributed by atoms with E-state index in [9.17, 15) is 41.7 Å². The van der Waals surface area contributed by atoms with Crippen LogP contribution in [0.2, 0.25) is 0 Å². The molecule has 1 fully saturated rings. The number of aliphatic hydroxyl groups excluding tert-OH is 3. The lowest BCUT2D eigenvalue weighted by Gasteiger charge is -2.38. The number of hydrogen-bond acceptors (Lipinski definition) is 9. The van der Waals surface area contributed by atoms with E-state index < -0.39 is 57.7 Å². The summed E-state index contributed by atoms with van der Waals surface area (Å²) in [5.74, 6) is -0.847. The molecule has 0 aliphatic carbocycles. The van der Waals surface area contributed by atoms with Gasteiger partial charge in [0.25, 0.3) is 10.1 Å². The molecule has 1 aliphatic heterocycles. The molecule has 1 unspecified atom stereocenters. The zero-order valence-corrected chi connectivity index (χ0v) is 16.6. The molecule has 1 aromatic heterocycles. The summed E-state index contributed by atoms with van der Waals surface area (Å²) in [6.07, 6.45) is -11.5. The first-order chi connectivity index (χ1) is 14.8. The molecule has 1 aromatic carbocycles. The number of benzene rings is 1. The first-order valence-electron chi connectivity index (χ1n) is 8.79. The molecule has 0 bridgehead atoms. The van der Waals surface area contributed by atoms with Gasteiger partial charge in [-0.15, -0.1) is 0 Å². The van der Waals surface area contributed by atoms with Crippen LogP contribution >= 0.6 is 0 Å². The Labute approximate surface area is 178 Å². The van der Waals surface area contributed by atoms with Gasteiger partial charge in [0.1, 0.15) is 29.8 Å². The van der Waals surface area contributed by atoms with Crippen molar-refractivity contribution >= 4 is 15.9 Å². The Balaban J connectivity index is 1.73. The summed E-state index contributed by atoms with van der Waals surface area (Å²) in [6.45, 7) is 0. The number of ether oxygens (including phenoxy) is 2. The van der Waals surface area contributed by atoms with Gasteiger partial charge in [0.05, 0.1) is 11.8 Å². The second-order valence-corrected chi connectivity index (χ2v) is 8.26. The Kier molecular flexibility index (Phi) is 6.55. The second-order valence-electron chi connectivity index (χ2n) is 6.76. The van der Waals surface area contributed by atoms with Gasteiger partial charge >= 0.3 is 6.18 Å². The van der Waals surface area contributed by atoms with Crippen LogP contribution in [0.15, 0.2) is 42.6 Å². The van der Waals surface area contributed by atoms with E-state index in [1.54, 1.807) is 0 Å². The molecule has 14 heteroatoms. The van der Waals surface area contributed by atoms with Gasteiger partial charge in [-0.3, -0.25) is 9.35 Å². The highest BCUT2D eigenvalue weighted by Gasteiger charge is 2.50. The molecule has 4 N–H and O–H groups in total. The third kappa shape index (κ3) is 5.06. The van der Waals surface area contributed by atoms with E-state index in [4.69, 9.17) is 14.0 Å². The topological polar surface area (TPSA) is 163 Å². The maximum atomic E-state index is 12.6. The normalized spacial score (nSPS) is 26.5. The molecular weight excluding hydrogens is 463 g/mol. The van der Waals surface area contributed by atoms with Crippen LogP contribution < -0.4 is 4.74 Å². The summed E-state index contributed by atoms with van der Waals surface area (Å²) in [6, 6.07) is 5.80. The van der Waals surface area contributed by atoms with Crippen molar-refractivity contribution < 1.29 is 55.7 Å². The molecule has 0 saturated carbocycles. The Bertz CT molecular complexity index is 1070. The lowest BCUT2D eigenvalue weighted by molar-refractivity contribution is -0.254. The largest absolute Gasteiger partial charge is 0.460 e. The van der Waals surface area contributed by atoms with Crippen LogP contribution in [0.4, 0.5) is 13.2 Å². The number of nitrogens with zero attached hydrogens (tertiary/aromatic N) is 1. The molecule has 2 heterocycles. The van der Waals surface area contributed by atoms with Gasteiger partial charge in [-0.25, -0.2) is 4.98 Å². The number of rotatable bonds is 5. The van der Waals surface area contributed by atoms with E-state index in [1.165, 1.54) is 6.07 Å². The molecule has 32 heavy (non-hydrogen) atoms. The molecule has 10 nitrogen and oxygen atoms in total. The first-order valence-corrected chi connectivity index (χ1v) is 10.3. The van der Waals surface area contributed by atoms with Gasteiger partial charge in [0.15, 0.2) is 0 Å². The van der Waals surface area contributed by atoms with E-state index in [2.05, 4.69) is 4.98 Å². The molecule has 2 aromatic rings. The molecule has 0 radical (unpaired) electrons. The lowest BCUT2D eigenvalue weighted by atomic mass is 10.1. The van der Waals surface area contributed by atoms with Gasteiger partial charge in [0, 0.05) is 5.56 Å². The van der Waals surface area contributed by atoms with Gasteiger partial charge in [-0.2, -0.15) is 21.6 Å². The molecule has 5 atom stereocenters. The number of carbonyl (C=O) groups is 1. The highest BCUT2D eigenvalue weighted by Crippen LogP contribution is 2.30. The number of hydrogen-bond donors (Lipinski definition) is 4. The average molecular weight is 479 g/mol. The number of carbonyl (C=O) groups excluding carboxylic acids is 1. The SMILES string of the molecule is O=C(c1ccc(C(F)(F)F)cc1)c1ccc(O[C@@H]2OC(S(=O)(=O)O)[C@@H](O)[C@H](O)[C@H]2O)cn1. The van der Waals surface area contributed by atoms with Crippen LogP contribution in [-0.4, -0.2) is 69.1 Å². The molecule has 0 amide bonds. The van der Waals surface area contributed by atoms with Crippen molar-refractivity contribution in [3.05, 3.63) is 59.4 Å². The lowest BCUT2D eigenvalue weighted by Crippen LogP contribution is -2.61. The molecule has 174 valence electrons. The number of aliphatic hydroxyl groups is 3. The first kappa shape index (κ1) is 24.0. The quantitative estimate of drug-likeness (QED) is 0.348. The summed E-state index contributed by atoms with van der Waals surface area (Å²) in [5.41, 5.74) is -3.43. The Hall–Kier alpha value is -2.62. The number of ketones is 1. The van der Waals surface area contributed by atoms with Crippen molar-refractivity contribution in [1.29, 1.82) is 0 Å². The van der Waals surface area contributed by atoms with Gasteiger partial charge < -0.3 is 24.8 Å².